The van der Waals surface area contributed by atoms with Crippen molar-refractivity contribution < 1.29 is 14.7 Å². The molecule has 0 aliphatic heterocycles. The van der Waals surface area contributed by atoms with Crippen LogP contribution in [0, 0.1) is 6.92 Å². The van der Waals surface area contributed by atoms with Crippen molar-refractivity contribution in [3.8, 4) is 0 Å². The predicted octanol–water partition coefficient (Wildman–Crippen LogP) is 1.74. The summed E-state index contributed by atoms with van der Waals surface area (Å²) in [5, 5.41) is 9.45. The topological polar surface area (TPSA) is 70.2 Å². The highest BCUT2D eigenvalue weighted by Gasteiger charge is 2.15. The van der Waals surface area contributed by atoms with Gasteiger partial charge in [0.2, 0.25) is 0 Å². The molecule has 0 spiro atoms. The van der Waals surface area contributed by atoms with Crippen LogP contribution < -0.4 is 0 Å². The van der Waals surface area contributed by atoms with E-state index in [9.17, 15) is 9.59 Å². The summed E-state index contributed by atoms with van der Waals surface area (Å²) < 4.78 is 0. The van der Waals surface area contributed by atoms with Crippen molar-refractivity contribution in [2.75, 3.05) is 0 Å². The van der Waals surface area contributed by atoms with Crippen molar-refractivity contribution in [1.82, 2.24) is 4.98 Å². The number of aromatic nitrogens is 1. The average Bonchev–Trinajstić information content (AvgIpc) is 2.59. The molecule has 2 aromatic rings. The molecule has 1 heterocycles. The number of carboxylic acid groups (broad SMARTS) is 1. The van der Waals surface area contributed by atoms with Gasteiger partial charge in [-0.2, -0.15) is 0 Å². The number of carbonyl (C=O) groups is 2. The van der Waals surface area contributed by atoms with Gasteiger partial charge in [0, 0.05) is 22.7 Å². The number of fused-ring (bicyclic) bond motifs is 1. The van der Waals surface area contributed by atoms with E-state index in [1.807, 2.05) is 13.1 Å². The number of rotatable bonds is 2. The standard InChI is InChI=1S/C11H9NO3/c1-6-5-12-9-3-2-7(4-8(6)9)10(13)11(14)15/h2-5,12H,1H3,(H,14,15). The number of carbonyl (C=O) groups excluding carboxylic acids is 1. The van der Waals surface area contributed by atoms with E-state index >= 15 is 0 Å². The van der Waals surface area contributed by atoms with Gasteiger partial charge in [0.05, 0.1) is 0 Å². The second-order valence-electron chi connectivity index (χ2n) is 3.37. The van der Waals surface area contributed by atoms with E-state index in [4.69, 9.17) is 5.11 Å². The third kappa shape index (κ3) is 1.50. The number of aliphatic carboxylic acids is 1. The monoisotopic (exact) mass is 203 g/mol. The molecule has 0 aliphatic rings. The second kappa shape index (κ2) is 3.24. The lowest BCUT2D eigenvalue weighted by Gasteiger charge is -1.97. The molecule has 4 heteroatoms. The van der Waals surface area contributed by atoms with Crippen molar-refractivity contribution in [2.45, 2.75) is 6.92 Å². The molecule has 0 atom stereocenters. The first kappa shape index (κ1) is 9.45. The Morgan fingerprint density at radius 3 is 2.73 bits per heavy atom. The number of H-pyrrole nitrogens is 1. The molecular weight excluding hydrogens is 194 g/mol. The molecular formula is C11H9NO3. The number of Topliss-reactive ketones (excluding diaryl/α,β-unsaturated/α-hetero) is 1. The van der Waals surface area contributed by atoms with E-state index in [1.54, 1.807) is 12.1 Å². The van der Waals surface area contributed by atoms with Gasteiger partial charge in [-0.1, -0.05) is 0 Å². The predicted molar refractivity (Wildman–Crippen MR) is 55.0 cm³/mol. The third-order valence-corrected chi connectivity index (χ3v) is 2.35. The van der Waals surface area contributed by atoms with E-state index < -0.39 is 11.8 Å². The molecule has 0 fully saturated rings. The van der Waals surface area contributed by atoms with Crippen LogP contribution in [0.1, 0.15) is 15.9 Å². The number of carboxylic acids is 1. The Kier molecular flexibility index (Phi) is 2.04. The maximum absolute atomic E-state index is 11.2. The van der Waals surface area contributed by atoms with Crippen LogP contribution in [-0.2, 0) is 4.79 Å². The number of aromatic amines is 1. The van der Waals surface area contributed by atoms with Gasteiger partial charge in [-0.05, 0) is 30.7 Å². The quantitative estimate of drug-likeness (QED) is 0.577. The van der Waals surface area contributed by atoms with Crippen LogP contribution in [0.3, 0.4) is 0 Å². The lowest BCUT2D eigenvalue weighted by atomic mass is 10.1. The van der Waals surface area contributed by atoms with Gasteiger partial charge in [0.15, 0.2) is 0 Å². The summed E-state index contributed by atoms with van der Waals surface area (Å²) in [7, 11) is 0. The molecule has 0 saturated carbocycles. The Labute approximate surface area is 85.5 Å². The van der Waals surface area contributed by atoms with Crippen LogP contribution in [0.25, 0.3) is 10.9 Å². The van der Waals surface area contributed by atoms with Crippen LogP contribution >= 0.6 is 0 Å². The molecule has 15 heavy (non-hydrogen) atoms. The summed E-state index contributed by atoms with van der Waals surface area (Å²) >= 11 is 0. The van der Waals surface area contributed by atoms with Crippen molar-refractivity contribution in [3.63, 3.8) is 0 Å². The maximum atomic E-state index is 11.2. The van der Waals surface area contributed by atoms with Gasteiger partial charge < -0.3 is 10.1 Å². The highest BCUT2D eigenvalue weighted by atomic mass is 16.4. The van der Waals surface area contributed by atoms with Crippen molar-refractivity contribution in [2.24, 2.45) is 0 Å². The highest BCUT2D eigenvalue weighted by molar-refractivity contribution is 6.40. The molecule has 0 bridgehead atoms. The van der Waals surface area contributed by atoms with Crippen LogP contribution in [0.4, 0.5) is 0 Å². The molecule has 0 aliphatic carbocycles. The summed E-state index contributed by atoms with van der Waals surface area (Å²) in [5.41, 5.74) is 2.09. The molecule has 0 radical (unpaired) electrons. The number of benzene rings is 1. The Bertz CT molecular complexity index is 554. The first-order valence-electron chi connectivity index (χ1n) is 4.45. The minimum absolute atomic E-state index is 0.206. The minimum Gasteiger partial charge on any atom is -0.475 e. The molecule has 0 saturated heterocycles. The van der Waals surface area contributed by atoms with Gasteiger partial charge in [-0.15, -0.1) is 0 Å². The normalized spacial score (nSPS) is 10.5. The van der Waals surface area contributed by atoms with Crippen molar-refractivity contribution in [3.05, 3.63) is 35.5 Å². The highest BCUT2D eigenvalue weighted by Crippen LogP contribution is 2.19. The zero-order chi connectivity index (χ0) is 11.0. The van der Waals surface area contributed by atoms with E-state index in [-0.39, 0.29) is 5.56 Å². The fraction of sp³-hybridized carbons (Fsp3) is 0.0909. The van der Waals surface area contributed by atoms with Crippen molar-refractivity contribution in [1.29, 1.82) is 0 Å². The lowest BCUT2D eigenvalue weighted by molar-refractivity contribution is -0.131. The van der Waals surface area contributed by atoms with Gasteiger partial charge in [0.25, 0.3) is 5.78 Å². The summed E-state index contributed by atoms with van der Waals surface area (Å²) in [5.74, 6) is -2.31. The van der Waals surface area contributed by atoms with Crippen LogP contribution in [0.15, 0.2) is 24.4 Å². The largest absolute Gasteiger partial charge is 0.475 e. The molecule has 0 unspecified atom stereocenters. The Morgan fingerprint density at radius 1 is 1.33 bits per heavy atom. The van der Waals surface area contributed by atoms with Crippen LogP contribution in [0.2, 0.25) is 0 Å². The first-order valence-corrected chi connectivity index (χ1v) is 4.45. The molecule has 4 nitrogen and oxygen atoms in total. The van der Waals surface area contributed by atoms with Gasteiger partial charge in [-0.25, -0.2) is 4.79 Å². The maximum Gasteiger partial charge on any atom is 0.377 e. The lowest BCUT2D eigenvalue weighted by Crippen LogP contribution is -2.12. The van der Waals surface area contributed by atoms with Gasteiger partial charge in [0.1, 0.15) is 0 Å². The molecule has 1 aromatic carbocycles. The van der Waals surface area contributed by atoms with E-state index in [2.05, 4.69) is 4.98 Å². The van der Waals surface area contributed by atoms with E-state index in [0.717, 1.165) is 16.5 Å². The Hall–Kier alpha value is -2.10. The third-order valence-electron chi connectivity index (χ3n) is 2.35. The second-order valence-corrected chi connectivity index (χ2v) is 3.37. The number of hydrogen-bond donors (Lipinski definition) is 2. The van der Waals surface area contributed by atoms with Crippen LogP contribution in [-0.4, -0.2) is 21.8 Å². The number of aryl methyl sites for hydroxylation is 1. The first-order chi connectivity index (χ1) is 7.09. The van der Waals surface area contributed by atoms with Crippen LogP contribution in [0.5, 0.6) is 0 Å². The molecule has 76 valence electrons. The van der Waals surface area contributed by atoms with Gasteiger partial charge in [-0.3, -0.25) is 4.79 Å². The zero-order valence-corrected chi connectivity index (χ0v) is 8.07. The SMILES string of the molecule is Cc1c[nH]c2ccc(C(=O)C(=O)O)cc12. The number of hydrogen-bond acceptors (Lipinski definition) is 2. The molecule has 2 N–H and O–H groups in total. The van der Waals surface area contributed by atoms with Gasteiger partial charge >= 0.3 is 5.97 Å². The fourth-order valence-corrected chi connectivity index (χ4v) is 1.52. The minimum atomic E-state index is -1.43. The Balaban J connectivity index is 2.59. The van der Waals surface area contributed by atoms with E-state index in [1.165, 1.54) is 6.07 Å². The summed E-state index contributed by atoms with van der Waals surface area (Å²) in [6, 6.07) is 4.81. The Morgan fingerprint density at radius 2 is 2.07 bits per heavy atom. The smallest absolute Gasteiger partial charge is 0.377 e. The van der Waals surface area contributed by atoms with E-state index in [0.29, 0.717) is 0 Å². The summed E-state index contributed by atoms with van der Waals surface area (Å²) in [6.07, 6.45) is 1.82. The summed E-state index contributed by atoms with van der Waals surface area (Å²) in [6.45, 7) is 1.90. The number of ketones is 1. The molecule has 0 amide bonds. The molecule has 1 aromatic heterocycles. The van der Waals surface area contributed by atoms with Crippen molar-refractivity contribution >= 4 is 22.7 Å². The summed E-state index contributed by atoms with van der Waals surface area (Å²) in [4.78, 5) is 24.7. The fourth-order valence-electron chi connectivity index (χ4n) is 1.52. The molecule has 2 rings (SSSR count). The average molecular weight is 203 g/mol. The number of nitrogens with one attached hydrogen (secondary N) is 1. The zero-order valence-electron chi connectivity index (χ0n) is 8.07.